The Bertz CT molecular complexity index is 544. The number of hydrogen-bond donors (Lipinski definition) is 1. The summed E-state index contributed by atoms with van der Waals surface area (Å²) < 4.78 is 0. The lowest BCUT2D eigenvalue weighted by atomic mass is 9.52. The molecule has 0 heterocycles. The van der Waals surface area contributed by atoms with E-state index in [1.54, 1.807) is 5.57 Å². The molecule has 0 saturated heterocycles. The summed E-state index contributed by atoms with van der Waals surface area (Å²) in [5.74, 6) is 2.23. The second-order valence-corrected chi connectivity index (χ2v) is 8.61. The molecular weight excluding hydrogens is 270 g/mol. The number of nitriles is 1. The van der Waals surface area contributed by atoms with Gasteiger partial charge in [-0.2, -0.15) is 5.26 Å². The highest BCUT2D eigenvalue weighted by Gasteiger charge is 2.61. The second-order valence-electron chi connectivity index (χ2n) is 8.61. The zero-order valence-corrected chi connectivity index (χ0v) is 13.9. The molecule has 120 valence electrons. The van der Waals surface area contributed by atoms with Crippen LogP contribution in [0.25, 0.3) is 0 Å². The number of fused-ring (bicyclic) bond motifs is 4. The van der Waals surface area contributed by atoms with Gasteiger partial charge in [0.15, 0.2) is 0 Å². The van der Waals surface area contributed by atoms with Crippen LogP contribution in [0.1, 0.15) is 77.6 Å². The first-order chi connectivity index (χ1) is 10.6. The lowest BCUT2D eigenvalue weighted by Gasteiger charge is -2.54. The van der Waals surface area contributed by atoms with E-state index in [2.05, 4.69) is 13.0 Å². The lowest BCUT2D eigenvalue weighted by molar-refractivity contribution is -0.104. The Balaban J connectivity index is 1.65. The van der Waals surface area contributed by atoms with Gasteiger partial charge in [0, 0.05) is 5.41 Å². The maximum absolute atomic E-state index is 11.1. The van der Waals surface area contributed by atoms with E-state index in [9.17, 15) is 5.11 Å². The zero-order valence-electron chi connectivity index (χ0n) is 13.9. The van der Waals surface area contributed by atoms with Gasteiger partial charge < -0.3 is 5.11 Å². The molecule has 0 aromatic heterocycles. The number of rotatable bonds is 1. The first kappa shape index (κ1) is 14.8. The highest BCUT2D eigenvalue weighted by Crippen LogP contribution is 2.65. The van der Waals surface area contributed by atoms with Crippen molar-refractivity contribution >= 4 is 0 Å². The van der Waals surface area contributed by atoms with Gasteiger partial charge in [0.05, 0.1) is 18.1 Å². The minimum absolute atomic E-state index is 0.0172. The Morgan fingerprint density at radius 2 is 1.95 bits per heavy atom. The Morgan fingerprint density at radius 1 is 1.14 bits per heavy atom. The second kappa shape index (κ2) is 5.10. The van der Waals surface area contributed by atoms with Crippen LogP contribution >= 0.6 is 0 Å². The Kier molecular flexibility index (Phi) is 3.42. The van der Waals surface area contributed by atoms with Crippen molar-refractivity contribution in [2.45, 2.75) is 83.2 Å². The standard InChI is InChI=1S/C20H29NO/c1-19-10-8-16-15-5-3-2-4-14(15)6-7-17(16)18(19)9-11-20(19,22)12-13-21/h16-18,22H,2-12H2,1H3/t16-,17-,18+,19+,20-/m1/s1. The van der Waals surface area contributed by atoms with Crippen LogP contribution < -0.4 is 0 Å². The summed E-state index contributed by atoms with van der Waals surface area (Å²) in [5.41, 5.74) is 2.90. The maximum atomic E-state index is 11.1. The molecule has 2 fully saturated rings. The molecule has 0 aromatic carbocycles. The molecule has 0 radical (unpaired) electrons. The largest absolute Gasteiger partial charge is 0.388 e. The van der Waals surface area contributed by atoms with Gasteiger partial charge in [-0.25, -0.2) is 0 Å². The van der Waals surface area contributed by atoms with E-state index in [0.717, 1.165) is 31.1 Å². The maximum Gasteiger partial charge on any atom is 0.0833 e. The molecule has 0 amide bonds. The monoisotopic (exact) mass is 299 g/mol. The molecule has 0 aromatic rings. The summed E-state index contributed by atoms with van der Waals surface area (Å²) in [6, 6.07) is 2.27. The first-order valence-corrected chi connectivity index (χ1v) is 9.39. The Labute approximate surface area is 134 Å². The quantitative estimate of drug-likeness (QED) is 0.711. The molecule has 4 aliphatic rings. The fraction of sp³-hybridized carbons (Fsp3) is 0.850. The minimum Gasteiger partial charge on any atom is -0.388 e. The average Bonchev–Trinajstić information content (AvgIpc) is 2.79. The van der Waals surface area contributed by atoms with E-state index in [4.69, 9.17) is 5.26 Å². The highest BCUT2D eigenvalue weighted by molar-refractivity contribution is 5.27. The molecule has 2 heteroatoms. The van der Waals surface area contributed by atoms with Crippen molar-refractivity contribution in [3.63, 3.8) is 0 Å². The smallest absolute Gasteiger partial charge is 0.0833 e. The first-order valence-electron chi connectivity index (χ1n) is 9.39. The molecular formula is C20H29NO. The Hall–Kier alpha value is -0.810. The van der Waals surface area contributed by atoms with Crippen LogP contribution in [-0.4, -0.2) is 10.7 Å². The molecule has 22 heavy (non-hydrogen) atoms. The molecule has 0 aliphatic heterocycles. The van der Waals surface area contributed by atoms with Gasteiger partial charge in [-0.3, -0.25) is 0 Å². The lowest BCUT2D eigenvalue weighted by Crippen LogP contribution is -2.51. The van der Waals surface area contributed by atoms with Crippen molar-refractivity contribution in [3.05, 3.63) is 11.1 Å². The summed E-state index contributed by atoms with van der Waals surface area (Å²) in [6.07, 6.45) is 12.8. The van der Waals surface area contributed by atoms with Crippen LogP contribution in [0.15, 0.2) is 11.1 Å². The van der Waals surface area contributed by atoms with Crippen molar-refractivity contribution in [2.75, 3.05) is 0 Å². The third-order valence-electron chi connectivity index (χ3n) is 7.99. The third kappa shape index (κ3) is 1.88. The van der Waals surface area contributed by atoms with Gasteiger partial charge in [-0.05, 0) is 82.0 Å². The molecule has 5 atom stereocenters. The fourth-order valence-electron chi connectivity index (χ4n) is 6.72. The third-order valence-corrected chi connectivity index (χ3v) is 7.99. The predicted molar refractivity (Wildman–Crippen MR) is 87.0 cm³/mol. The molecule has 4 rings (SSSR count). The van der Waals surface area contributed by atoms with Crippen molar-refractivity contribution in [1.82, 2.24) is 0 Å². The summed E-state index contributed by atoms with van der Waals surface area (Å²) >= 11 is 0. The average molecular weight is 299 g/mol. The molecule has 0 spiro atoms. The zero-order chi connectivity index (χ0) is 15.4. The minimum atomic E-state index is -0.724. The van der Waals surface area contributed by atoms with Crippen LogP contribution in [0.4, 0.5) is 0 Å². The van der Waals surface area contributed by atoms with Gasteiger partial charge >= 0.3 is 0 Å². The van der Waals surface area contributed by atoms with Gasteiger partial charge in [-0.15, -0.1) is 0 Å². The van der Waals surface area contributed by atoms with Crippen LogP contribution in [0.5, 0.6) is 0 Å². The van der Waals surface area contributed by atoms with Crippen molar-refractivity contribution in [2.24, 2.45) is 23.2 Å². The highest BCUT2D eigenvalue weighted by atomic mass is 16.3. The SMILES string of the molecule is C[C@]12CC[C@@H]3C4=C(CCCC4)CC[C@H]3[C@@H]1CC[C@@]2(O)CC#N. The van der Waals surface area contributed by atoms with E-state index in [0.29, 0.717) is 12.3 Å². The van der Waals surface area contributed by atoms with E-state index in [-0.39, 0.29) is 5.41 Å². The topological polar surface area (TPSA) is 44.0 Å². The number of aliphatic hydroxyl groups is 1. The van der Waals surface area contributed by atoms with Gasteiger partial charge in [-0.1, -0.05) is 18.1 Å². The van der Waals surface area contributed by atoms with Crippen molar-refractivity contribution in [1.29, 1.82) is 5.26 Å². The molecule has 2 nitrogen and oxygen atoms in total. The molecule has 0 bridgehead atoms. The molecule has 4 aliphatic carbocycles. The predicted octanol–water partition coefficient (Wildman–Crippen LogP) is 4.74. The van der Waals surface area contributed by atoms with Crippen LogP contribution in [-0.2, 0) is 0 Å². The number of nitrogens with zero attached hydrogens (tertiary/aromatic N) is 1. The summed E-state index contributed by atoms with van der Waals surface area (Å²) in [7, 11) is 0. The summed E-state index contributed by atoms with van der Waals surface area (Å²) in [5, 5.41) is 20.3. The van der Waals surface area contributed by atoms with E-state index in [1.165, 1.54) is 44.9 Å². The summed E-state index contributed by atoms with van der Waals surface area (Å²) in [6.45, 7) is 2.29. The van der Waals surface area contributed by atoms with Gasteiger partial charge in [0.25, 0.3) is 0 Å². The molecule has 1 N–H and O–H groups in total. The van der Waals surface area contributed by atoms with Crippen molar-refractivity contribution < 1.29 is 5.11 Å². The number of allylic oxidation sites excluding steroid dienone is 2. The van der Waals surface area contributed by atoms with Gasteiger partial charge in [0.1, 0.15) is 0 Å². The number of hydrogen-bond acceptors (Lipinski definition) is 2. The van der Waals surface area contributed by atoms with Crippen LogP contribution in [0, 0.1) is 34.5 Å². The van der Waals surface area contributed by atoms with E-state index < -0.39 is 5.60 Å². The summed E-state index contributed by atoms with van der Waals surface area (Å²) in [4.78, 5) is 0. The fourth-order valence-corrected chi connectivity index (χ4v) is 6.72. The van der Waals surface area contributed by atoms with Gasteiger partial charge in [0.2, 0.25) is 0 Å². The normalized spacial score (nSPS) is 47.4. The Morgan fingerprint density at radius 3 is 2.77 bits per heavy atom. The van der Waals surface area contributed by atoms with E-state index in [1.807, 2.05) is 5.57 Å². The van der Waals surface area contributed by atoms with Crippen LogP contribution in [0.2, 0.25) is 0 Å². The molecule has 0 unspecified atom stereocenters. The van der Waals surface area contributed by atoms with E-state index >= 15 is 0 Å². The van der Waals surface area contributed by atoms with Crippen molar-refractivity contribution in [3.8, 4) is 6.07 Å². The van der Waals surface area contributed by atoms with Crippen LogP contribution in [0.3, 0.4) is 0 Å². The molecule has 2 saturated carbocycles.